The minimum absolute atomic E-state index is 0.0882. The summed E-state index contributed by atoms with van der Waals surface area (Å²) in [5.41, 5.74) is 0.304. The topological polar surface area (TPSA) is 21.8 Å². The molecule has 1 aliphatic heterocycles. The van der Waals surface area contributed by atoms with Crippen molar-refractivity contribution in [3.05, 3.63) is 28.2 Å². The van der Waals surface area contributed by atoms with Crippen LogP contribution in [0.2, 0.25) is 10.0 Å². The Hall–Kier alpha value is -0.440. The number of ether oxygens (including phenoxy) is 2. The van der Waals surface area contributed by atoms with E-state index in [4.69, 9.17) is 32.7 Å². The van der Waals surface area contributed by atoms with Gasteiger partial charge >= 0.3 is 0 Å². The third-order valence-corrected chi connectivity index (χ3v) is 4.52. The first kappa shape index (κ1) is 15.9. The molecule has 4 heteroatoms. The Morgan fingerprint density at radius 3 is 2.50 bits per heavy atom. The van der Waals surface area contributed by atoms with E-state index in [1.54, 1.807) is 12.1 Å². The van der Waals surface area contributed by atoms with Gasteiger partial charge < -0.3 is 9.47 Å². The van der Waals surface area contributed by atoms with Gasteiger partial charge in [0.25, 0.3) is 0 Å². The molecule has 0 radical (unpaired) electrons. The van der Waals surface area contributed by atoms with Crippen molar-refractivity contribution in [1.82, 2.24) is 0 Å². The number of unbranched alkanes of at least 4 members (excludes halogenated alkanes) is 1. The second kappa shape index (κ2) is 6.13. The summed E-state index contributed by atoms with van der Waals surface area (Å²) in [7, 11) is 0. The molecule has 0 saturated carbocycles. The lowest BCUT2D eigenvalue weighted by molar-refractivity contribution is 0.139. The molecular formula is C16H22Cl2O2. The molecule has 1 aromatic rings. The SMILES string of the molecule is CC(C)(C)C1(CCCCOc2ccc(Cl)cc2Cl)CO1. The third-order valence-electron chi connectivity index (χ3n) is 3.99. The molecule has 0 amide bonds. The van der Waals surface area contributed by atoms with Gasteiger partial charge in [-0.05, 0) is 42.9 Å². The van der Waals surface area contributed by atoms with E-state index in [2.05, 4.69) is 20.8 Å². The van der Waals surface area contributed by atoms with E-state index in [1.165, 1.54) is 0 Å². The van der Waals surface area contributed by atoms with Gasteiger partial charge in [-0.1, -0.05) is 44.0 Å². The van der Waals surface area contributed by atoms with Crippen molar-refractivity contribution in [3.63, 3.8) is 0 Å². The molecule has 2 rings (SSSR count). The zero-order valence-corrected chi connectivity index (χ0v) is 13.9. The van der Waals surface area contributed by atoms with Gasteiger partial charge in [-0.3, -0.25) is 0 Å². The van der Waals surface area contributed by atoms with E-state index >= 15 is 0 Å². The molecular weight excluding hydrogens is 295 g/mol. The lowest BCUT2D eigenvalue weighted by Gasteiger charge is -2.27. The van der Waals surface area contributed by atoms with Gasteiger partial charge in [-0.15, -0.1) is 0 Å². The summed E-state index contributed by atoms with van der Waals surface area (Å²) in [4.78, 5) is 0. The minimum atomic E-state index is 0.0882. The first-order chi connectivity index (χ1) is 9.34. The number of hydrogen-bond acceptors (Lipinski definition) is 2. The molecule has 0 spiro atoms. The molecule has 0 aliphatic carbocycles. The monoisotopic (exact) mass is 316 g/mol. The highest BCUT2D eigenvalue weighted by atomic mass is 35.5. The maximum absolute atomic E-state index is 6.06. The predicted molar refractivity (Wildman–Crippen MR) is 83.9 cm³/mol. The van der Waals surface area contributed by atoms with Crippen LogP contribution in [0.3, 0.4) is 0 Å². The molecule has 2 nitrogen and oxygen atoms in total. The van der Waals surface area contributed by atoms with Crippen molar-refractivity contribution >= 4 is 23.2 Å². The molecule has 112 valence electrons. The highest BCUT2D eigenvalue weighted by Crippen LogP contribution is 2.47. The van der Waals surface area contributed by atoms with E-state index in [0.29, 0.717) is 22.4 Å². The summed E-state index contributed by atoms with van der Waals surface area (Å²) >= 11 is 11.9. The molecule has 1 heterocycles. The lowest BCUT2D eigenvalue weighted by atomic mass is 9.78. The average molecular weight is 317 g/mol. The van der Waals surface area contributed by atoms with Gasteiger partial charge in [0.2, 0.25) is 0 Å². The van der Waals surface area contributed by atoms with Gasteiger partial charge in [0, 0.05) is 5.02 Å². The normalized spacial score (nSPS) is 21.9. The summed E-state index contributed by atoms with van der Waals surface area (Å²) in [6.07, 6.45) is 3.19. The van der Waals surface area contributed by atoms with E-state index in [9.17, 15) is 0 Å². The number of rotatable bonds is 6. The lowest BCUT2D eigenvalue weighted by Crippen LogP contribution is -2.30. The Labute approximate surface area is 131 Å². The Kier molecular flexibility index (Phi) is 4.88. The Morgan fingerprint density at radius 2 is 1.95 bits per heavy atom. The summed E-state index contributed by atoms with van der Waals surface area (Å²) in [6.45, 7) is 8.28. The summed E-state index contributed by atoms with van der Waals surface area (Å²) < 4.78 is 11.4. The summed E-state index contributed by atoms with van der Waals surface area (Å²) in [5.74, 6) is 0.698. The van der Waals surface area contributed by atoms with Crippen LogP contribution in [-0.4, -0.2) is 18.8 Å². The minimum Gasteiger partial charge on any atom is -0.492 e. The Morgan fingerprint density at radius 1 is 1.25 bits per heavy atom. The Balaban J connectivity index is 1.70. The first-order valence-corrected chi connectivity index (χ1v) is 7.81. The number of hydrogen-bond donors (Lipinski definition) is 0. The van der Waals surface area contributed by atoms with Crippen molar-refractivity contribution < 1.29 is 9.47 Å². The largest absolute Gasteiger partial charge is 0.492 e. The second-order valence-electron chi connectivity index (χ2n) is 6.41. The van der Waals surface area contributed by atoms with Crippen molar-refractivity contribution in [2.45, 2.75) is 45.6 Å². The van der Waals surface area contributed by atoms with Crippen molar-refractivity contribution in [2.75, 3.05) is 13.2 Å². The van der Waals surface area contributed by atoms with E-state index in [0.717, 1.165) is 25.9 Å². The van der Waals surface area contributed by atoms with E-state index in [1.807, 2.05) is 6.07 Å². The molecule has 1 fully saturated rings. The van der Waals surface area contributed by atoms with Crippen molar-refractivity contribution in [1.29, 1.82) is 0 Å². The van der Waals surface area contributed by atoms with Gasteiger partial charge in [0.1, 0.15) is 5.75 Å². The number of benzene rings is 1. The molecule has 1 unspecified atom stereocenters. The van der Waals surface area contributed by atoms with Crippen LogP contribution in [0, 0.1) is 5.41 Å². The van der Waals surface area contributed by atoms with Crippen LogP contribution in [0.15, 0.2) is 18.2 Å². The molecule has 0 N–H and O–H groups in total. The molecule has 1 atom stereocenters. The van der Waals surface area contributed by atoms with Crippen LogP contribution in [0.5, 0.6) is 5.75 Å². The highest BCUT2D eigenvalue weighted by molar-refractivity contribution is 6.35. The average Bonchev–Trinajstić information content (AvgIpc) is 3.11. The van der Waals surface area contributed by atoms with E-state index in [-0.39, 0.29) is 11.0 Å². The molecule has 0 bridgehead atoms. The molecule has 0 aromatic heterocycles. The van der Waals surface area contributed by atoms with Gasteiger partial charge in [0.05, 0.1) is 23.8 Å². The molecule has 1 aliphatic rings. The number of halogens is 2. The first-order valence-electron chi connectivity index (χ1n) is 7.06. The van der Waals surface area contributed by atoms with Crippen LogP contribution in [-0.2, 0) is 4.74 Å². The quantitative estimate of drug-likeness (QED) is 0.520. The standard InChI is InChI=1S/C16H22Cl2O2/c1-15(2,3)16(11-20-16)8-4-5-9-19-14-7-6-12(17)10-13(14)18/h6-7,10H,4-5,8-9,11H2,1-3H3. The van der Waals surface area contributed by atoms with E-state index < -0.39 is 0 Å². The zero-order chi connectivity index (χ0) is 14.8. The number of epoxide rings is 1. The fourth-order valence-electron chi connectivity index (χ4n) is 2.33. The molecule has 20 heavy (non-hydrogen) atoms. The van der Waals surface area contributed by atoms with Crippen LogP contribution < -0.4 is 4.74 Å². The highest BCUT2D eigenvalue weighted by Gasteiger charge is 2.53. The Bertz CT molecular complexity index is 462. The van der Waals surface area contributed by atoms with Crippen LogP contribution >= 0.6 is 23.2 Å². The van der Waals surface area contributed by atoms with Gasteiger partial charge in [0.15, 0.2) is 0 Å². The van der Waals surface area contributed by atoms with Gasteiger partial charge in [-0.25, -0.2) is 0 Å². The fourth-order valence-corrected chi connectivity index (χ4v) is 2.79. The second-order valence-corrected chi connectivity index (χ2v) is 7.26. The zero-order valence-electron chi connectivity index (χ0n) is 12.3. The summed E-state index contributed by atoms with van der Waals surface area (Å²) in [5, 5.41) is 1.19. The van der Waals surface area contributed by atoms with Crippen LogP contribution in [0.1, 0.15) is 40.0 Å². The maximum Gasteiger partial charge on any atom is 0.137 e. The van der Waals surface area contributed by atoms with Crippen molar-refractivity contribution in [2.24, 2.45) is 5.41 Å². The van der Waals surface area contributed by atoms with Crippen LogP contribution in [0.4, 0.5) is 0 Å². The maximum atomic E-state index is 6.06. The molecule has 1 aromatic carbocycles. The summed E-state index contributed by atoms with van der Waals surface area (Å²) in [6, 6.07) is 5.30. The van der Waals surface area contributed by atoms with Gasteiger partial charge in [-0.2, -0.15) is 0 Å². The predicted octanol–water partition coefficient (Wildman–Crippen LogP) is 5.36. The molecule has 1 saturated heterocycles. The van der Waals surface area contributed by atoms with Crippen molar-refractivity contribution in [3.8, 4) is 5.75 Å². The smallest absolute Gasteiger partial charge is 0.137 e. The fraction of sp³-hybridized carbons (Fsp3) is 0.625. The van der Waals surface area contributed by atoms with Crippen LogP contribution in [0.25, 0.3) is 0 Å². The third kappa shape index (κ3) is 3.81.